The Hall–Kier alpha value is -0.890. The van der Waals surface area contributed by atoms with Gasteiger partial charge in [-0.15, -0.1) is 24.0 Å². The zero-order chi connectivity index (χ0) is 14.8. The van der Waals surface area contributed by atoms with Crippen LogP contribution in [-0.2, 0) is 11.3 Å². The quantitative estimate of drug-likeness (QED) is 0.326. The van der Waals surface area contributed by atoms with Gasteiger partial charge in [0.05, 0.1) is 0 Å². The zero-order valence-corrected chi connectivity index (χ0v) is 15.3. The van der Waals surface area contributed by atoms with Crippen LogP contribution >= 0.6 is 24.0 Å². The molecule has 0 saturated carbocycles. The van der Waals surface area contributed by atoms with E-state index in [9.17, 15) is 4.39 Å². The Kier molecular flexibility index (Phi) is 11.2. The molecule has 21 heavy (non-hydrogen) atoms. The molecule has 1 rings (SSSR count). The van der Waals surface area contributed by atoms with Crippen molar-refractivity contribution in [2.75, 3.05) is 33.9 Å². The third kappa shape index (κ3) is 8.21. The van der Waals surface area contributed by atoms with Crippen molar-refractivity contribution in [1.82, 2.24) is 10.2 Å². The molecule has 0 bridgehead atoms. The first-order chi connectivity index (χ1) is 9.67. The molecule has 1 N–H and O–H groups in total. The van der Waals surface area contributed by atoms with Crippen LogP contribution in [0.1, 0.15) is 18.9 Å². The maximum absolute atomic E-state index is 12.9. The number of rotatable bonds is 7. The van der Waals surface area contributed by atoms with Crippen LogP contribution in [0.4, 0.5) is 4.39 Å². The highest BCUT2D eigenvalue weighted by atomic mass is 127. The average molecular weight is 409 g/mol. The largest absolute Gasteiger partial charge is 0.382 e. The van der Waals surface area contributed by atoms with Crippen molar-refractivity contribution in [3.63, 3.8) is 0 Å². The Balaban J connectivity index is 0.00000400. The first-order valence-corrected chi connectivity index (χ1v) is 6.91. The molecule has 0 fully saturated rings. The van der Waals surface area contributed by atoms with E-state index in [1.807, 2.05) is 18.9 Å². The summed E-state index contributed by atoms with van der Waals surface area (Å²) in [7, 11) is 3.72. The summed E-state index contributed by atoms with van der Waals surface area (Å²) in [6, 6.07) is 6.52. The van der Waals surface area contributed by atoms with Crippen LogP contribution < -0.4 is 5.32 Å². The van der Waals surface area contributed by atoms with Crippen molar-refractivity contribution in [2.45, 2.75) is 19.9 Å². The van der Waals surface area contributed by atoms with Crippen LogP contribution in [0.3, 0.4) is 0 Å². The van der Waals surface area contributed by atoms with E-state index in [-0.39, 0.29) is 29.8 Å². The highest BCUT2D eigenvalue weighted by molar-refractivity contribution is 14.0. The molecule has 0 aliphatic rings. The average Bonchev–Trinajstić information content (AvgIpc) is 2.45. The molecule has 0 atom stereocenters. The fourth-order valence-electron chi connectivity index (χ4n) is 1.84. The van der Waals surface area contributed by atoms with Gasteiger partial charge >= 0.3 is 0 Å². The lowest BCUT2D eigenvalue weighted by molar-refractivity contribution is 0.145. The summed E-state index contributed by atoms with van der Waals surface area (Å²) in [6.07, 6.45) is 0.942. The van der Waals surface area contributed by atoms with Crippen LogP contribution in [0, 0.1) is 5.82 Å². The van der Waals surface area contributed by atoms with Gasteiger partial charge in [-0.1, -0.05) is 12.1 Å². The van der Waals surface area contributed by atoms with Crippen molar-refractivity contribution in [3.8, 4) is 0 Å². The van der Waals surface area contributed by atoms with Gasteiger partial charge in [0.25, 0.3) is 0 Å². The summed E-state index contributed by atoms with van der Waals surface area (Å²) < 4.78 is 18.1. The second kappa shape index (κ2) is 11.7. The first kappa shape index (κ1) is 20.1. The number of hydrogen-bond donors (Lipinski definition) is 1. The molecule has 0 saturated heterocycles. The lowest BCUT2D eigenvalue weighted by atomic mass is 10.2. The molecule has 0 aromatic heterocycles. The standard InChI is InChI=1S/C15H24FN3O.HI/c1-4-20-11-5-10-18-15(17-2)19(3)12-13-6-8-14(16)9-7-13;/h6-9H,4-5,10-12H2,1-3H3,(H,17,18);1H. The number of aliphatic imine (C=N–C) groups is 1. The third-order valence-corrected chi connectivity index (χ3v) is 2.86. The molecular formula is C15H25FIN3O. The molecule has 1 aromatic rings. The van der Waals surface area contributed by atoms with Gasteiger partial charge in [-0.05, 0) is 31.0 Å². The highest BCUT2D eigenvalue weighted by Gasteiger charge is 2.06. The minimum Gasteiger partial charge on any atom is -0.382 e. The number of benzene rings is 1. The van der Waals surface area contributed by atoms with Crippen LogP contribution in [0.5, 0.6) is 0 Å². The van der Waals surface area contributed by atoms with Crippen LogP contribution in [0.2, 0.25) is 0 Å². The molecule has 120 valence electrons. The second-order valence-corrected chi connectivity index (χ2v) is 4.51. The molecule has 0 amide bonds. The van der Waals surface area contributed by atoms with E-state index in [0.717, 1.165) is 37.7 Å². The third-order valence-electron chi connectivity index (χ3n) is 2.86. The normalized spacial score (nSPS) is 11.0. The van der Waals surface area contributed by atoms with Crippen molar-refractivity contribution >= 4 is 29.9 Å². The van der Waals surface area contributed by atoms with Crippen LogP contribution in [0.15, 0.2) is 29.3 Å². The Labute approximate surface area is 143 Å². The lowest BCUT2D eigenvalue weighted by Gasteiger charge is -2.22. The molecular weight excluding hydrogens is 384 g/mol. The smallest absolute Gasteiger partial charge is 0.193 e. The summed E-state index contributed by atoms with van der Waals surface area (Å²) in [5, 5.41) is 3.28. The molecule has 6 heteroatoms. The maximum atomic E-state index is 12.9. The molecule has 0 radical (unpaired) electrons. The van der Waals surface area contributed by atoms with E-state index in [1.165, 1.54) is 12.1 Å². The molecule has 0 heterocycles. The number of guanidine groups is 1. The van der Waals surface area contributed by atoms with Crippen molar-refractivity contribution < 1.29 is 9.13 Å². The Morgan fingerprint density at radius 2 is 2.00 bits per heavy atom. The Morgan fingerprint density at radius 3 is 2.57 bits per heavy atom. The SMILES string of the molecule is CCOCCCNC(=NC)N(C)Cc1ccc(F)cc1.I. The van der Waals surface area contributed by atoms with E-state index in [1.54, 1.807) is 19.2 Å². The minimum atomic E-state index is -0.213. The number of halogens is 2. The molecule has 1 aromatic carbocycles. The number of nitrogens with one attached hydrogen (secondary N) is 1. The monoisotopic (exact) mass is 409 g/mol. The summed E-state index contributed by atoms with van der Waals surface area (Å²) in [6.45, 7) is 5.00. The number of hydrogen-bond acceptors (Lipinski definition) is 2. The van der Waals surface area contributed by atoms with Gasteiger partial charge in [0.2, 0.25) is 0 Å². The predicted molar refractivity (Wildman–Crippen MR) is 95.8 cm³/mol. The van der Waals surface area contributed by atoms with Gasteiger partial charge < -0.3 is 15.0 Å². The summed E-state index contributed by atoms with van der Waals surface area (Å²) in [5.74, 6) is 0.612. The van der Waals surface area contributed by atoms with E-state index >= 15 is 0 Å². The second-order valence-electron chi connectivity index (χ2n) is 4.51. The molecule has 0 spiro atoms. The van der Waals surface area contributed by atoms with Gasteiger partial charge in [-0.3, -0.25) is 4.99 Å². The molecule has 0 unspecified atom stereocenters. The van der Waals surface area contributed by atoms with Gasteiger partial charge in [0.15, 0.2) is 5.96 Å². The first-order valence-electron chi connectivity index (χ1n) is 6.91. The van der Waals surface area contributed by atoms with E-state index in [2.05, 4.69) is 10.3 Å². The molecule has 0 aliphatic heterocycles. The van der Waals surface area contributed by atoms with Gasteiger partial charge in [-0.25, -0.2) is 4.39 Å². The van der Waals surface area contributed by atoms with Crippen LogP contribution in [-0.4, -0.2) is 44.7 Å². The minimum absolute atomic E-state index is 0. The van der Waals surface area contributed by atoms with Gasteiger partial charge in [0, 0.05) is 40.4 Å². The van der Waals surface area contributed by atoms with Crippen LogP contribution in [0.25, 0.3) is 0 Å². The fourth-order valence-corrected chi connectivity index (χ4v) is 1.84. The number of ether oxygens (including phenoxy) is 1. The summed E-state index contributed by atoms with van der Waals surface area (Å²) in [5.41, 5.74) is 1.05. The van der Waals surface area contributed by atoms with E-state index < -0.39 is 0 Å². The topological polar surface area (TPSA) is 36.9 Å². The van der Waals surface area contributed by atoms with E-state index in [0.29, 0.717) is 6.54 Å². The number of nitrogens with zero attached hydrogens (tertiary/aromatic N) is 2. The lowest BCUT2D eigenvalue weighted by Crippen LogP contribution is -2.39. The van der Waals surface area contributed by atoms with E-state index in [4.69, 9.17) is 4.74 Å². The molecule has 0 aliphatic carbocycles. The van der Waals surface area contributed by atoms with Crippen molar-refractivity contribution in [2.24, 2.45) is 4.99 Å². The maximum Gasteiger partial charge on any atom is 0.193 e. The Bertz CT molecular complexity index is 412. The Morgan fingerprint density at radius 1 is 1.33 bits per heavy atom. The predicted octanol–water partition coefficient (Wildman–Crippen LogP) is 2.88. The van der Waals surface area contributed by atoms with Crippen molar-refractivity contribution in [3.05, 3.63) is 35.6 Å². The zero-order valence-electron chi connectivity index (χ0n) is 12.9. The summed E-state index contributed by atoms with van der Waals surface area (Å²) in [4.78, 5) is 6.24. The summed E-state index contributed by atoms with van der Waals surface area (Å²) >= 11 is 0. The fraction of sp³-hybridized carbons (Fsp3) is 0.533. The molecule has 4 nitrogen and oxygen atoms in total. The highest BCUT2D eigenvalue weighted by Crippen LogP contribution is 2.05. The van der Waals surface area contributed by atoms with Gasteiger partial charge in [-0.2, -0.15) is 0 Å². The van der Waals surface area contributed by atoms with Gasteiger partial charge in [0.1, 0.15) is 5.82 Å². The van der Waals surface area contributed by atoms with Crippen molar-refractivity contribution in [1.29, 1.82) is 0 Å².